The Morgan fingerprint density at radius 1 is 1.39 bits per heavy atom. The Balaban J connectivity index is 2.66. The van der Waals surface area contributed by atoms with Gasteiger partial charge in [0, 0.05) is 13.2 Å². The summed E-state index contributed by atoms with van der Waals surface area (Å²) in [5.41, 5.74) is 0.872. The first kappa shape index (κ1) is 19.1. The minimum absolute atomic E-state index is 0.0257. The number of anilines is 1. The maximum atomic E-state index is 12.3. The molecule has 1 unspecified atom stereocenters. The molecule has 8 heteroatoms. The largest absolute Gasteiger partial charge is 0.482 e. The Labute approximate surface area is 132 Å². The number of carbonyl (C=O) groups is 1. The molecule has 1 aromatic rings. The second-order valence-corrected chi connectivity index (χ2v) is 5.36. The van der Waals surface area contributed by atoms with Crippen molar-refractivity contribution in [1.82, 2.24) is 5.32 Å². The molecule has 0 aliphatic heterocycles. The van der Waals surface area contributed by atoms with E-state index >= 15 is 0 Å². The van der Waals surface area contributed by atoms with Crippen molar-refractivity contribution in [3.8, 4) is 5.75 Å². The van der Waals surface area contributed by atoms with Crippen molar-refractivity contribution < 1.29 is 27.8 Å². The van der Waals surface area contributed by atoms with Crippen LogP contribution >= 0.6 is 0 Å². The van der Waals surface area contributed by atoms with Gasteiger partial charge in [-0.15, -0.1) is 0 Å². The van der Waals surface area contributed by atoms with E-state index in [2.05, 4.69) is 10.6 Å². The molecule has 5 nitrogen and oxygen atoms in total. The third-order valence-electron chi connectivity index (χ3n) is 3.01. The third-order valence-corrected chi connectivity index (χ3v) is 3.01. The second-order valence-electron chi connectivity index (χ2n) is 5.36. The molecule has 2 amide bonds. The number of rotatable bonds is 7. The highest BCUT2D eigenvalue weighted by molar-refractivity contribution is 5.90. The number of halogens is 3. The number of ether oxygens (including phenoxy) is 1. The molecule has 130 valence electrons. The number of aliphatic hydroxyl groups excluding tert-OH is 1. The van der Waals surface area contributed by atoms with E-state index in [1.54, 1.807) is 13.0 Å². The SMILES string of the molecule is Cc1ccc(NC(=O)NCC(C)CCO)c(OCC(F)(F)F)c1. The molecular weight excluding hydrogens is 313 g/mol. The number of urea groups is 1. The summed E-state index contributed by atoms with van der Waals surface area (Å²) < 4.78 is 41.6. The quantitative estimate of drug-likeness (QED) is 0.718. The number of hydrogen-bond donors (Lipinski definition) is 3. The van der Waals surface area contributed by atoms with Crippen LogP contribution in [0.1, 0.15) is 18.9 Å². The van der Waals surface area contributed by atoms with Gasteiger partial charge in [-0.05, 0) is 37.0 Å². The molecule has 0 heterocycles. The molecule has 1 aromatic carbocycles. The van der Waals surface area contributed by atoms with Gasteiger partial charge in [0.15, 0.2) is 6.61 Å². The highest BCUT2D eigenvalue weighted by Crippen LogP contribution is 2.27. The first-order chi connectivity index (χ1) is 10.7. The fourth-order valence-electron chi connectivity index (χ4n) is 1.77. The summed E-state index contributed by atoms with van der Waals surface area (Å²) in [6, 6.07) is 4.02. The van der Waals surface area contributed by atoms with Crippen molar-refractivity contribution in [2.45, 2.75) is 26.4 Å². The minimum Gasteiger partial charge on any atom is -0.482 e. The Bertz CT molecular complexity index is 521. The average molecular weight is 334 g/mol. The van der Waals surface area contributed by atoms with Crippen LogP contribution in [0.15, 0.2) is 18.2 Å². The number of amides is 2. The van der Waals surface area contributed by atoms with Crippen molar-refractivity contribution in [2.75, 3.05) is 25.1 Å². The monoisotopic (exact) mass is 334 g/mol. The molecule has 0 radical (unpaired) electrons. The number of benzene rings is 1. The van der Waals surface area contributed by atoms with Crippen molar-refractivity contribution in [3.05, 3.63) is 23.8 Å². The van der Waals surface area contributed by atoms with E-state index in [1.807, 2.05) is 6.92 Å². The van der Waals surface area contributed by atoms with E-state index < -0.39 is 18.8 Å². The van der Waals surface area contributed by atoms with Gasteiger partial charge in [-0.2, -0.15) is 13.2 Å². The predicted molar refractivity (Wildman–Crippen MR) is 80.6 cm³/mol. The topological polar surface area (TPSA) is 70.6 Å². The summed E-state index contributed by atoms with van der Waals surface area (Å²) in [5, 5.41) is 13.8. The molecule has 0 aliphatic carbocycles. The number of carbonyl (C=O) groups excluding carboxylic acids is 1. The van der Waals surface area contributed by atoms with Gasteiger partial charge in [-0.25, -0.2) is 4.79 Å². The highest BCUT2D eigenvalue weighted by atomic mass is 19.4. The van der Waals surface area contributed by atoms with Gasteiger partial charge in [0.1, 0.15) is 5.75 Å². The maximum Gasteiger partial charge on any atom is 0.422 e. The number of hydrogen-bond acceptors (Lipinski definition) is 3. The zero-order chi connectivity index (χ0) is 17.5. The first-order valence-corrected chi connectivity index (χ1v) is 7.17. The van der Waals surface area contributed by atoms with E-state index in [9.17, 15) is 18.0 Å². The van der Waals surface area contributed by atoms with Crippen LogP contribution in [0.4, 0.5) is 23.7 Å². The molecule has 0 aromatic heterocycles. The zero-order valence-corrected chi connectivity index (χ0v) is 13.0. The summed E-state index contributed by atoms with van der Waals surface area (Å²) in [6.07, 6.45) is -3.91. The Hall–Kier alpha value is -1.96. The van der Waals surface area contributed by atoms with Gasteiger partial charge in [0.05, 0.1) is 5.69 Å². The molecule has 0 saturated heterocycles. The summed E-state index contributed by atoms with van der Waals surface area (Å²) in [4.78, 5) is 11.8. The molecule has 23 heavy (non-hydrogen) atoms. The van der Waals surface area contributed by atoms with E-state index in [-0.39, 0.29) is 24.0 Å². The second kappa shape index (κ2) is 8.61. The lowest BCUT2D eigenvalue weighted by molar-refractivity contribution is -0.153. The van der Waals surface area contributed by atoms with Gasteiger partial charge in [-0.3, -0.25) is 0 Å². The predicted octanol–water partition coefficient (Wildman–Crippen LogP) is 3.08. The van der Waals surface area contributed by atoms with E-state index in [1.165, 1.54) is 12.1 Å². The Morgan fingerprint density at radius 3 is 2.70 bits per heavy atom. The molecule has 0 aliphatic rings. The molecule has 1 rings (SSSR count). The van der Waals surface area contributed by atoms with Gasteiger partial charge < -0.3 is 20.5 Å². The number of aryl methyl sites for hydroxylation is 1. The number of nitrogens with one attached hydrogen (secondary N) is 2. The summed E-state index contributed by atoms with van der Waals surface area (Å²) in [5.74, 6) is 0.0469. The van der Waals surface area contributed by atoms with Crippen LogP contribution in [-0.2, 0) is 0 Å². The minimum atomic E-state index is -4.46. The fraction of sp³-hybridized carbons (Fsp3) is 0.533. The molecule has 0 fully saturated rings. The first-order valence-electron chi connectivity index (χ1n) is 7.17. The number of aliphatic hydroxyl groups is 1. The summed E-state index contributed by atoms with van der Waals surface area (Å²) in [6.45, 7) is 2.51. The lowest BCUT2D eigenvalue weighted by atomic mass is 10.1. The van der Waals surface area contributed by atoms with Gasteiger partial charge in [-0.1, -0.05) is 13.0 Å². The van der Waals surface area contributed by atoms with Crippen LogP contribution in [0.2, 0.25) is 0 Å². The van der Waals surface area contributed by atoms with Crippen LogP contribution in [0, 0.1) is 12.8 Å². The van der Waals surface area contributed by atoms with E-state index in [0.29, 0.717) is 18.5 Å². The summed E-state index contributed by atoms with van der Waals surface area (Å²) >= 11 is 0. The number of alkyl halides is 3. The Kier molecular flexibility index (Phi) is 7.15. The molecule has 1 atom stereocenters. The van der Waals surface area contributed by atoms with Crippen LogP contribution in [0.5, 0.6) is 5.75 Å². The standard InChI is InChI=1S/C15H21F3N2O3/c1-10-3-4-12(13(7-10)23-9-15(16,17)18)20-14(22)19-8-11(2)5-6-21/h3-4,7,11,21H,5-6,8-9H2,1-2H3,(H2,19,20,22). The zero-order valence-electron chi connectivity index (χ0n) is 13.0. The van der Waals surface area contributed by atoms with Crippen LogP contribution in [0.3, 0.4) is 0 Å². The third kappa shape index (κ3) is 7.73. The molecule has 0 spiro atoms. The lowest BCUT2D eigenvalue weighted by Gasteiger charge is -2.16. The van der Waals surface area contributed by atoms with Crippen LogP contribution in [0.25, 0.3) is 0 Å². The van der Waals surface area contributed by atoms with Gasteiger partial charge in [0.25, 0.3) is 0 Å². The van der Waals surface area contributed by atoms with Crippen LogP contribution in [-0.4, -0.2) is 37.1 Å². The average Bonchev–Trinajstić information content (AvgIpc) is 2.45. The van der Waals surface area contributed by atoms with Gasteiger partial charge >= 0.3 is 12.2 Å². The van der Waals surface area contributed by atoms with Crippen molar-refractivity contribution >= 4 is 11.7 Å². The summed E-state index contributed by atoms with van der Waals surface area (Å²) in [7, 11) is 0. The van der Waals surface area contributed by atoms with Crippen LogP contribution < -0.4 is 15.4 Å². The fourth-order valence-corrected chi connectivity index (χ4v) is 1.77. The smallest absolute Gasteiger partial charge is 0.422 e. The molecule has 0 bridgehead atoms. The Morgan fingerprint density at radius 2 is 2.09 bits per heavy atom. The lowest BCUT2D eigenvalue weighted by Crippen LogP contribution is -2.32. The van der Waals surface area contributed by atoms with Gasteiger partial charge in [0.2, 0.25) is 0 Å². The highest BCUT2D eigenvalue weighted by Gasteiger charge is 2.29. The maximum absolute atomic E-state index is 12.3. The molecular formula is C15H21F3N2O3. The normalized spacial score (nSPS) is 12.6. The van der Waals surface area contributed by atoms with E-state index in [4.69, 9.17) is 9.84 Å². The molecule has 0 saturated carbocycles. The molecule has 3 N–H and O–H groups in total. The van der Waals surface area contributed by atoms with Crippen molar-refractivity contribution in [2.24, 2.45) is 5.92 Å². The van der Waals surface area contributed by atoms with Crippen molar-refractivity contribution in [1.29, 1.82) is 0 Å². The van der Waals surface area contributed by atoms with E-state index in [0.717, 1.165) is 0 Å². The van der Waals surface area contributed by atoms with Crippen molar-refractivity contribution in [3.63, 3.8) is 0 Å².